The van der Waals surface area contributed by atoms with Gasteiger partial charge in [0.25, 0.3) is 0 Å². The number of nitrogens with one attached hydrogen (secondary N) is 2. The summed E-state index contributed by atoms with van der Waals surface area (Å²) in [5.41, 5.74) is 3.65. The third-order valence-electron chi connectivity index (χ3n) is 3.44. The van der Waals surface area contributed by atoms with E-state index in [1.807, 2.05) is 0 Å². The summed E-state index contributed by atoms with van der Waals surface area (Å²) in [6.07, 6.45) is 2.41. The van der Waals surface area contributed by atoms with Gasteiger partial charge in [0.05, 0.1) is 11.4 Å². The molecule has 2 heteroatoms. The van der Waals surface area contributed by atoms with Crippen molar-refractivity contribution in [2.24, 2.45) is 0 Å². The van der Waals surface area contributed by atoms with E-state index >= 15 is 0 Å². The molecule has 2 aromatic rings. The number of benzene rings is 2. The molecule has 2 rings (SSSR count). The first kappa shape index (κ1) is 14.4. The zero-order valence-electron chi connectivity index (χ0n) is 12.4. The molecule has 20 heavy (non-hydrogen) atoms. The molecule has 0 spiro atoms. The third kappa shape index (κ3) is 4.02. The van der Waals surface area contributed by atoms with Gasteiger partial charge in [-0.1, -0.05) is 55.8 Å². The lowest BCUT2D eigenvalue weighted by Crippen LogP contribution is -2.09. The summed E-state index contributed by atoms with van der Waals surface area (Å²) in [5, 5.41) is 7.10. The van der Waals surface area contributed by atoms with Crippen LogP contribution in [0.25, 0.3) is 0 Å². The first-order valence-corrected chi connectivity index (χ1v) is 7.45. The molecule has 0 amide bonds. The molecule has 0 radical (unpaired) electrons. The van der Waals surface area contributed by atoms with Gasteiger partial charge in [0, 0.05) is 12.6 Å². The molecule has 0 bridgehead atoms. The minimum absolute atomic E-state index is 0.297. The Morgan fingerprint density at radius 1 is 0.900 bits per heavy atom. The van der Waals surface area contributed by atoms with E-state index in [1.165, 1.54) is 29.8 Å². The van der Waals surface area contributed by atoms with E-state index in [1.54, 1.807) is 0 Å². The van der Waals surface area contributed by atoms with Crippen molar-refractivity contribution in [2.45, 2.75) is 32.7 Å². The molecule has 0 aliphatic heterocycles. The topological polar surface area (TPSA) is 24.1 Å². The predicted octanol–water partition coefficient (Wildman–Crippen LogP) is 5.07. The van der Waals surface area contributed by atoms with E-state index in [-0.39, 0.29) is 0 Å². The van der Waals surface area contributed by atoms with Crippen molar-refractivity contribution in [1.29, 1.82) is 0 Å². The molecule has 0 fully saturated rings. The van der Waals surface area contributed by atoms with Crippen LogP contribution < -0.4 is 10.6 Å². The standard InChI is InChI=1S/C18H24N2/c1-3-4-14-19-17-12-8-9-13-18(17)20-15(2)16-10-6-5-7-11-16/h5-13,15,19-20H,3-4,14H2,1-2H3/t15-/m0/s1. The van der Waals surface area contributed by atoms with Gasteiger partial charge in [0.15, 0.2) is 0 Å². The zero-order chi connectivity index (χ0) is 14.2. The highest BCUT2D eigenvalue weighted by Crippen LogP contribution is 2.26. The van der Waals surface area contributed by atoms with E-state index in [0.29, 0.717) is 6.04 Å². The normalized spacial score (nSPS) is 11.9. The Bertz CT molecular complexity index is 508. The Balaban J connectivity index is 2.05. The molecule has 2 aromatic carbocycles. The fraction of sp³-hybridized carbons (Fsp3) is 0.333. The van der Waals surface area contributed by atoms with Crippen molar-refractivity contribution in [3.63, 3.8) is 0 Å². The van der Waals surface area contributed by atoms with E-state index < -0.39 is 0 Å². The first-order chi connectivity index (χ1) is 9.81. The molecule has 2 nitrogen and oxygen atoms in total. The molecule has 0 aliphatic carbocycles. The smallest absolute Gasteiger partial charge is 0.0580 e. The molecule has 106 valence electrons. The zero-order valence-corrected chi connectivity index (χ0v) is 12.4. The number of rotatable bonds is 7. The Hall–Kier alpha value is -1.96. The number of hydrogen-bond donors (Lipinski definition) is 2. The molecule has 0 unspecified atom stereocenters. The maximum absolute atomic E-state index is 3.59. The number of hydrogen-bond acceptors (Lipinski definition) is 2. The average molecular weight is 268 g/mol. The molecule has 0 heterocycles. The second kappa shape index (κ2) is 7.59. The van der Waals surface area contributed by atoms with Gasteiger partial charge in [0.1, 0.15) is 0 Å². The van der Waals surface area contributed by atoms with Crippen molar-refractivity contribution in [1.82, 2.24) is 0 Å². The average Bonchev–Trinajstić information content (AvgIpc) is 2.50. The minimum atomic E-state index is 0.297. The summed E-state index contributed by atoms with van der Waals surface area (Å²) in [4.78, 5) is 0. The molecule has 0 saturated carbocycles. The fourth-order valence-electron chi connectivity index (χ4n) is 2.22. The van der Waals surface area contributed by atoms with Crippen LogP contribution >= 0.6 is 0 Å². The highest BCUT2D eigenvalue weighted by atomic mass is 15.0. The Morgan fingerprint density at radius 3 is 2.25 bits per heavy atom. The highest BCUT2D eigenvalue weighted by Gasteiger charge is 2.07. The lowest BCUT2D eigenvalue weighted by molar-refractivity contribution is 0.833. The van der Waals surface area contributed by atoms with Crippen LogP contribution in [0.3, 0.4) is 0 Å². The largest absolute Gasteiger partial charge is 0.383 e. The molecular formula is C18H24N2. The van der Waals surface area contributed by atoms with Gasteiger partial charge in [-0.15, -0.1) is 0 Å². The van der Waals surface area contributed by atoms with Crippen LogP contribution in [0, 0.1) is 0 Å². The van der Waals surface area contributed by atoms with E-state index in [2.05, 4.69) is 79.1 Å². The second-order valence-electron chi connectivity index (χ2n) is 5.10. The maximum atomic E-state index is 3.59. The second-order valence-corrected chi connectivity index (χ2v) is 5.10. The summed E-state index contributed by atoms with van der Waals surface area (Å²) in [6.45, 7) is 5.43. The lowest BCUT2D eigenvalue weighted by atomic mass is 10.1. The van der Waals surface area contributed by atoms with Crippen molar-refractivity contribution in [3.05, 3.63) is 60.2 Å². The van der Waals surface area contributed by atoms with Crippen LogP contribution in [-0.4, -0.2) is 6.54 Å². The van der Waals surface area contributed by atoms with Crippen LogP contribution in [0.1, 0.15) is 38.3 Å². The Labute approximate surface area is 122 Å². The van der Waals surface area contributed by atoms with Crippen LogP contribution in [0.2, 0.25) is 0 Å². The van der Waals surface area contributed by atoms with Gasteiger partial charge in [-0.05, 0) is 31.0 Å². The molecule has 0 saturated heterocycles. The highest BCUT2D eigenvalue weighted by molar-refractivity contribution is 5.69. The number of unbranched alkanes of at least 4 members (excludes halogenated alkanes) is 1. The van der Waals surface area contributed by atoms with Gasteiger partial charge in [-0.25, -0.2) is 0 Å². The van der Waals surface area contributed by atoms with E-state index in [4.69, 9.17) is 0 Å². The van der Waals surface area contributed by atoms with Crippen LogP contribution in [0.4, 0.5) is 11.4 Å². The molecule has 0 aliphatic rings. The van der Waals surface area contributed by atoms with E-state index in [9.17, 15) is 0 Å². The first-order valence-electron chi connectivity index (χ1n) is 7.45. The quantitative estimate of drug-likeness (QED) is 0.685. The molecule has 1 atom stereocenters. The lowest BCUT2D eigenvalue weighted by Gasteiger charge is -2.19. The third-order valence-corrected chi connectivity index (χ3v) is 3.44. The van der Waals surface area contributed by atoms with Gasteiger partial charge in [-0.3, -0.25) is 0 Å². The number of para-hydroxylation sites is 2. The summed E-state index contributed by atoms with van der Waals surface area (Å²) in [7, 11) is 0. The Morgan fingerprint density at radius 2 is 1.55 bits per heavy atom. The molecule has 0 aromatic heterocycles. The number of anilines is 2. The fourth-order valence-corrected chi connectivity index (χ4v) is 2.22. The summed E-state index contributed by atoms with van der Waals surface area (Å²) >= 11 is 0. The van der Waals surface area contributed by atoms with Crippen LogP contribution in [0.5, 0.6) is 0 Å². The van der Waals surface area contributed by atoms with Gasteiger partial charge in [0.2, 0.25) is 0 Å². The van der Waals surface area contributed by atoms with Gasteiger partial charge in [-0.2, -0.15) is 0 Å². The van der Waals surface area contributed by atoms with Crippen molar-refractivity contribution in [2.75, 3.05) is 17.2 Å². The van der Waals surface area contributed by atoms with Crippen LogP contribution in [-0.2, 0) is 0 Å². The van der Waals surface area contributed by atoms with Crippen molar-refractivity contribution >= 4 is 11.4 Å². The summed E-state index contributed by atoms with van der Waals surface area (Å²) < 4.78 is 0. The molecule has 2 N–H and O–H groups in total. The monoisotopic (exact) mass is 268 g/mol. The van der Waals surface area contributed by atoms with E-state index in [0.717, 1.165) is 6.54 Å². The van der Waals surface area contributed by atoms with Crippen LogP contribution in [0.15, 0.2) is 54.6 Å². The molecular weight excluding hydrogens is 244 g/mol. The summed E-state index contributed by atoms with van der Waals surface area (Å²) in [6, 6.07) is 19.2. The minimum Gasteiger partial charge on any atom is -0.383 e. The Kier molecular flexibility index (Phi) is 5.48. The van der Waals surface area contributed by atoms with Gasteiger partial charge >= 0.3 is 0 Å². The maximum Gasteiger partial charge on any atom is 0.0580 e. The van der Waals surface area contributed by atoms with Crippen molar-refractivity contribution < 1.29 is 0 Å². The van der Waals surface area contributed by atoms with Crippen molar-refractivity contribution in [3.8, 4) is 0 Å². The van der Waals surface area contributed by atoms with Gasteiger partial charge < -0.3 is 10.6 Å². The SMILES string of the molecule is CCCCNc1ccccc1N[C@@H](C)c1ccccc1. The predicted molar refractivity (Wildman–Crippen MR) is 88.3 cm³/mol. The summed E-state index contributed by atoms with van der Waals surface area (Å²) in [5.74, 6) is 0.